The van der Waals surface area contributed by atoms with Crippen LogP contribution in [0.2, 0.25) is 0 Å². The number of nitrogens with one attached hydrogen (secondary N) is 2. The normalized spacial score (nSPS) is 20.3. The number of nitrogens with two attached hydrogens (primary N) is 1. The average Bonchev–Trinajstić information content (AvgIpc) is 3.39. The SMILES string of the molecule is CN=Cc1c(N)cccc1C(=N)c1cccc(Br)c1Nc1ccc(N2CC3C(C2)C3C(=O)OC)nc1. The van der Waals surface area contributed by atoms with Crippen LogP contribution in [-0.2, 0) is 9.53 Å². The molecule has 184 valence electrons. The zero-order chi connectivity index (χ0) is 25.4. The van der Waals surface area contributed by atoms with E-state index in [-0.39, 0.29) is 11.9 Å². The number of ether oxygens (including phenoxy) is 1. The maximum Gasteiger partial charge on any atom is 0.309 e. The van der Waals surface area contributed by atoms with Gasteiger partial charge in [0.15, 0.2) is 0 Å². The minimum Gasteiger partial charge on any atom is -0.469 e. The number of esters is 1. The van der Waals surface area contributed by atoms with Crippen LogP contribution in [0.15, 0.2) is 64.2 Å². The predicted molar refractivity (Wildman–Crippen MR) is 147 cm³/mol. The molecule has 0 amide bonds. The maximum absolute atomic E-state index is 11.8. The summed E-state index contributed by atoms with van der Waals surface area (Å²) in [6.45, 7) is 1.64. The summed E-state index contributed by atoms with van der Waals surface area (Å²) < 4.78 is 5.73. The molecule has 4 N–H and O–H groups in total. The molecule has 9 heteroatoms. The second-order valence-electron chi connectivity index (χ2n) is 9.04. The maximum atomic E-state index is 11.8. The number of nitrogen functional groups attached to an aromatic ring is 1. The Balaban J connectivity index is 1.35. The fourth-order valence-corrected chi connectivity index (χ4v) is 5.53. The molecule has 2 atom stereocenters. The molecule has 2 unspecified atom stereocenters. The first-order valence-electron chi connectivity index (χ1n) is 11.7. The molecule has 1 aromatic heterocycles. The summed E-state index contributed by atoms with van der Waals surface area (Å²) in [7, 11) is 3.14. The molecule has 0 radical (unpaired) electrons. The van der Waals surface area contributed by atoms with E-state index in [1.54, 1.807) is 25.5 Å². The highest BCUT2D eigenvalue weighted by Crippen LogP contribution is 2.52. The number of methoxy groups -OCH3 is 1. The Hall–Kier alpha value is -3.72. The third-order valence-corrected chi connectivity index (χ3v) is 7.62. The van der Waals surface area contributed by atoms with Gasteiger partial charge in [-0.3, -0.25) is 15.2 Å². The molecule has 0 bridgehead atoms. The molecule has 2 fully saturated rings. The smallest absolute Gasteiger partial charge is 0.309 e. The van der Waals surface area contributed by atoms with E-state index in [2.05, 4.69) is 36.1 Å². The van der Waals surface area contributed by atoms with Crippen molar-refractivity contribution in [3.63, 3.8) is 0 Å². The Morgan fingerprint density at radius 2 is 1.92 bits per heavy atom. The van der Waals surface area contributed by atoms with Gasteiger partial charge in [-0.15, -0.1) is 0 Å². The summed E-state index contributed by atoms with van der Waals surface area (Å²) in [6, 6.07) is 15.2. The van der Waals surface area contributed by atoms with Crippen LogP contribution in [0.5, 0.6) is 0 Å². The van der Waals surface area contributed by atoms with Crippen molar-refractivity contribution in [2.75, 3.05) is 43.2 Å². The van der Waals surface area contributed by atoms with Gasteiger partial charge >= 0.3 is 5.97 Å². The molecule has 36 heavy (non-hydrogen) atoms. The number of hydrogen-bond acceptors (Lipinski definition) is 8. The lowest BCUT2D eigenvalue weighted by molar-refractivity contribution is -0.142. The quantitative estimate of drug-likeness (QED) is 0.228. The highest BCUT2D eigenvalue weighted by Gasteiger charge is 2.60. The summed E-state index contributed by atoms with van der Waals surface area (Å²) in [5.74, 6) is 1.56. The van der Waals surface area contributed by atoms with Crippen LogP contribution in [0.3, 0.4) is 0 Å². The molecule has 3 aromatic rings. The largest absolute Gasteiger partial charge is 0.469 e. The molecule has 1 saturated carbocycles. The van der Waals surface area contributed by atoms with Crippen molar-refractivity contribution in [2.45, 2.75) is 0 Å². The highest BCUT2D eigenvalue weighted by molar-refractivity contribution is 9.10. The van der Waals surface area contributed by atoms with Gasteiger partial charge in [0.05, 0.1) is 36.3 Å². The number of aromatic nitrogens is 1. The lowest BCUT2D eigenvalue weighted by Gasteiger charge is -2.21. The summed E-state index contributed by atoms with van der Waals surface area (Å²) in [5.41, 5.74) is 10.8. The standard InChI is InChI=1S/C27H27BrN6O2/c1-31-12-18-16(5-4-8-22(18)29)25(30)17-6-3-7-21(28)26(17)33-15-9-10-23(32-11-15)34-13-19-20(14-34)24(19)27(35)36-2/h3-12,19-20,24,30,33H,13-14,29H2,1-2H3. The number of carbonyl (C=O) groups excluding carboxylic acids is 1. The summed E-state index contributed by atoms with van der Waals surface area (Å²) in [5, 5.41) is 12.4. The van der Waals surface area contributed by atoms with E-state index >= 15 is 0 Å². The molecular weight excluding hydrogens is 520 g/mol. The Labute approximate surface area is 218 Å². The molecule has 1 saturated heterocycles. The zero-order valence-electron chi connectivity index (χ0n) is 20.0. The van der Waals surface area contributed by atoms with Gasteiger partial charge < -0.3 is 20.7 Å². The molecule has 0 spiro atoms. The fraction of sp³-hybridized carbons (Fsp3) is 0.259. The highest BCUT2D eigenvalue weighted by atomic mass is 79.9. The van der Waals surface area contributed by atoms with Crippen LogP contribution in [0, 0.1) is 23.2 Å². The average molecular weight is 547 g/mol. The van der Waals surface area contributed by atoms with Gasteiger partial charge in [0.25, 0.3) is 0 Å². The number of fused-ring (bicyclic) bond motifs is 1. The summed E-state index contributed by atoms with van der Waals surface area (Å²) in [6.07, 6.45) is 3.47. The van der Waals surface area contributed by atoms with Crippen LogP contribution in [0.25, 0.3) is 0 Å². The van der Waals surface area contributed by atoms with E-state index in [0.717, 1.165) is 45.9 Å². The van der Waals surface area contributed by atoms with Crippen LogP contribution in [-0.4, -0.2) is 50.1 Å². The second kappa shape index (κ2) is 9.73. The molecule has 2 aliphatic rings. The Morgan fingerprint density at radius 1 is 1.19 bits per heavy atom. The number of para-hydroxylation sites is 1. The fourth-order valence-electron chi connectivity index (χ4n) is 5.07. The van der Waals surface area contributed by atoms with Crippen molar-refractivity contribution in [3.8, 4) is 0 Å². The minimum absolute atomic E-state index is 0.0421. The molecule has 8 nitrogen and oxygen atoms in total. The molecular formula is C27H27BrN6O2. The first-order valence-corrected chi connectivity index (χ1v) is 12.5. The second-order valence-corrected chi connectivity index (χ2v) is 9.90. The van der Waals surface area contributed by atoms with Crippen LogP contribution in [0.1, 0.15) is 16.7 Å². The van der Waals surface area contributed by atoms with E-state index in [1.165, 1.54) is 7.11 Å². The third kappa shape index (κ3) is 4.35. The van der Waals surface area contributed by atoms with Crippen molar-refractivity contribution >= 4 is 56.7 Å². The number of anilines is 4. The zero-order valence-corrected chi connectivity index (χ0v) is 21.6. The van der Waals surface area contributed by atoms with E-state index in [4.69, 9.17) is 15.9 Å². The van der Waals surface area contributed by atoms with Crippen molar-refractivity contribution in [2.24, 2.45) is 22.7 Å². The molecule has 2 aromatic carbocycles. The number of nitrogens with zero attached hydrogens (tertiary/aromatic N) is 3. The van der Waals surface area contributed by atoms with E-state index in [9.17, 15) is 4.79 Å². The van der Waals surface area contributed by atoms with Gasteiger partial charge in [-0.2, -0.15) is 0 Å². The van der Waals surface area contributed by atoms with E-state index < -0.39 is 0 Å². The Kier molecular flexibility index (Phi) is 6.49. The molecule has 1 aliphatic heterocycles. The Morgan fingerprint density at radius 3 is 2.58 bits per heavy atom. The van der Waals surface area contributed by atoms with Crippen molar-refractivity contribution < 1.29 is 9.53 Å². The number of aliphatic imine (C=N–C) groups is 1. The van der Waals surface area contributed by atoms with Gasteiger partial charge in [-0.1, -0.05) is 24.3 Å². The topological polar surface area (TPSA) is 117 Å². The van der Waals surface area contributed by atoms with Crippen molar-refractivity contribution in [1.29, 1.82) is 5.41 Å². The van der Waals surface area contributed by atoms with Crippen molar-refractivity contribution in [1.82, 2.24) is 4.98 Å². The predicted octanol–water partition coefficient (Wildman–Crippen LogP) is 4.49. The number of hydrogen-bond donors (Lipinski definition) is 3. The van der Waals surface area contributed by atoms with Gasteiger partial charge in [0.2, 0.25) is 0 Å². The number of pyridine rings is 1. The number of halogens is 1. The van der Waals surface area contributed by atoms with E-state index in [0.29, 0.717) is 28.8 Å². The van der Waals surface area contributed by atoms with Crippen LogP contribution >= 0.6 is 15.9 Å². The van der Waals surface area contributed by atoms with Gasteiger partial charge in [0.1, 0.15) is 5.82 Å². The monoisotopic (exact) mass is 546 g/mol. The number of piperidine rings is 1. The Bertz CT molecular complexity index is 1340. The van der Waals surface area contributed by atoms with Crippen LogP contribution in [0.4, 0.5) is 22.9 Å². The summed E-state index contributed by atoms with van der Waals surface area (Å²) in [4.78, 5) is 22.8. The number of benzene rings is 2. The van der Waals surface area contributed by atoms with Crippen LogP contribution < -0.4 is 16.0 Å². The first-order chi connectivity index (χ1) is 17.4. The lowest BCUT2D eigenvalue weighted by atomic mass is 9.95. The minimum atomic E-state index is -0.0979. The summed E-state index contributed by atoms with van der Waals surface area (Å²) >= 11 is 3.64. The number of carbonyl (C=O) groups is 1. The van der Waals surface area contributed by atoms with Gasteiger partial charge in [-0.05, 0) is 52.0 Å². The van der Waals surface area contributed by atoms with Gasteiger partial charge in [0, 0.05) is 53.2 Å². The third-order valence-electron chi connectivity index (χ3n) is 6.96. The molecule has 2 heterocycles. The molecule has 1 aliphatic carbocycles. The number of rotatable bonds is 7. The lowest BCUT2D eigenvalue weighted by Crippen LogP contribution is -2.27. The first kappa shape index (κ1) is 24.0. The van der Waals surface area contributed by atoms with E-state index in [1.807, 2.05) is 42.5 Å². The van der Waals surface area contributed by atoms with Crippen molar-refractivity contribution in [3.05, 3.63) is 75.9 Å². The van der Waals surface area contributed by atoms with Gasteiger partial charge in [-0.25, -0.2) is 4.98 Å². The molecule has 5 rings (SSSR count).